The van der Waals surface area contributed by atoms with E-state index in [1.165, 1.54) is 35.7 Å². The van der Waals surface area contributed by atoms with Crippen molar-refractivity contribution >= 4 is 52.0 Å². The first-order chi connectivity index (χ1) is 14.3. The summed E-state index contributed by atoms with van der Waals surface area (Å²) in [6.45, 7) is 0.840. The molecule has 2 heterocycles. The van der Waals surface area contributed by atoms with Crippen LogP contribution in [-0.2, 0) is 6.54 Å². The summed E-state index contributed by atoms with van der Waals surface area (Å²) >= 11 is 4.09. The Kier molecular flexibility index (Phi) is 6.91. The van der Waals surface area contributed by atoms with Crippen LogP contribution in [0.5, 0.6) is 0 Å². The zero-order valence-electron chi connectivity index (χ0n) is 16.0. The van der Waals surface area contributed by atoms with E-state index in [9.17, 15) is 4.79 Å². The van der Waals surface area contributed by atoms with Crippen molar-refractivity contribution in [2.45, 2.75) is 24.8 Å². The number of thioether (sulfide) groups is 2. The number of nitrogens with zero attached hydrogens (tertiary/aromatic N) is 2. The molecule has 4 N–H and O–H groups in total. The molecule has 0 aliphatic carbocycles. The summed E-state index contributed by atoms with van der Waals surface area (Å²) in [5.74, 6) is 3.75. The van der Waals surface area contributed by atoms with Gasteiger partial charge >= 0.3 is 6.03 Å². The predicted molar refractivity (Wildman–Crippen MR) is 123 cm³/mol. The highest BCUT2D eigenvalue weighted by Gasteiger charge is 2.11. The summed E-state index contributed by atoms with van der Waals surface area (Å²) in [7, 11) is 0. The van der Waals surface area contributed by atoms with E-state index >= 15 is 0 Å². The zero-order chi connectivity index (χ0) is 19.9. The van der Waals surface area contributed by atoms with Crippen LogP contribution in [-0.4, -0.2) is 44.1 Å². The van der Waals surface area contributed by atoms with Crippen molar-refractivity contribution < 1.29 is 4.79 Å². The molecule has 4 rings (SSSR count). The molecule has 1 aromatic heterocycles. The quantitative estimate of drug-likeness (QED) is 0.485. The topological polar surface area (TPSA) is 94.7 Å². The molecule has 29 heavy (non-hydrogen) atoms. The number of urea groups is 1. The lowest BCUT2D eigenvalue weighted by Gasteiger charge is -2.20. The molecular weight excluding hydrogens is 404 g/mol. The smallest absolute Gasteiger partial charge is 0.308 e. The summed E-state index contributed by atoms with van der Waals surface area (Å²) in [5, 5.41) is 20.3. The van der Waals surface area contributed by atoms with E-state index in [2.05, 4.69) is 43.1 Å². The van der Waals surface area contributed by atoms with Gasteiger partial charge in [0.05, 0.1) is 10.9 Å². The summed E-state index contributed by atoms with van der Waals surface area (Å²) in [4.78, 5) is 12.3. The number of H-pyrrole nitrogens is 1. The largest absolute Gasteiger partial charge is 0.323 e. The SMILES string of the molecule is O=C(Nc1ccc(CNC2CCSCCCS2)cc1)Nc1ccc2[nH]nnc2c1. The van der Waals surface area contributed by atoms with Crippen molar-refractivity contribution in [1.29, 1.82) is 0 Å². The highest BCUT2D eigenvalue weighted by atomic mass is 32.2. The molecule has 0 bridgehead atoms. The second kappa shape index (κ2) is 10.00. The number of hydrogen-bond donors (Lipinski definition) is 4. The molecule has 3 aromatic rings. The van der Waals surface area contributed by atoms with Crippen molar-refractivity contribution in [3.63, 3.8) is 0 Å². The van der Waals surface area contributed by atoms with Gasteiger partial charge in [-0.15, -0.1) is 16.9 Å². The Hall–Kier alpha value is -2.23. The molecule has 0 saturated carbocycles. The van der Waals surface area contributed by atoms with Gasteiger partial charge in [0, 0.05) is 17.9 Å². The number of hydrogen-bond acceptors (Lipinski definition) is 6. The number of amides is 2. The number of nitrogens with one attached hydrogen (secondary N) is 4. The number of carbonyl (C=O) groups is 1. The first kappa shape index (κ1) is 20.1. The van der Waals surface area contributed by atoms with Crippen molar-refractivity contribution in [3.05, 3.63) is 48.0 Å². The van der Waals surface area contributed by atoms with E-state index in [0.29, 0.717) is 16.6 Å². The van der Waals surface area contributed by atoms with E-state index in [0.717, 1.165) is 17.7 Å². The Balaban J connectivity index is 1.26. The molecule has 0 radical (unpaired) electrons. The Morgan fingerprint density at radius 1 is 1.07 bits per heavy atom. The molecule has 7 nitrogen and oxygen atoms in total. The van der Waals surface area contributed by atoms with Gasteiger partial charge < -0.3 is 16.0 Å². The molecule has 1 atom stereocenters. The normalized spacial score (nSPS) is 17.4. The number of aromatic amines is 1. The highest BCUT2D eigenvalue weighted by molar-refractivity contribution is 8.01. The molecule has 1 fully saturated rings. The van der Waals surface area contributed by atoms with Crippen molar-refractivity contribution in [2.24, 2.45) is 0 Å². The fraction of sp³-hybridized carbons (Fsp3) is 0.350. The Bertz CT molecular complexity index is 938. The first-order valence-electron chi connectivity index (χ1n) is 9.67. The first-order valence-corrected chi connectivity index (χ1v) is 11.9. The van der Waals surface area contributed by atoms with Gasteiger partial charge in [0.25, 0.3) is 0 Å². The Morgan fingerprint density at radius 3 is 2.79 bits per heavy atom. The monoisotopic (exact) mass is 428 g/mol. The number of carbonyl (C=O) groups excluding carboxylic acids is 1. The highest BCUT2D eigenvalue weighted by Crippen LogP contribution is 2.22. The molecule has 0 spiro atoms. The number of rotatable bonds is 5. The van der Waals surface area contributed by atoms with E-state index in [-0.39, 0.29) is 6.03 Å². The third kappa shape index (κ3) is 5.88. The lowest BCUT2D eigenvalue weighted by molar-refractivity contribution is 0.262. The van der Waals surface area contributed by atoms with Crippen LogP contribution in [0.3, 0.4) is 0 Å². The van der Waals surface area contributed by atoms with E-state index in [1.54, 1.807) is 6.07 Å². The standard InChI is InChI=1S/C20H24N6OS2/c27-20(23-16-6-7-17-18(12-16)25-26-24-17)22-15-4-2-14(3-5-15)13-21-19-8-11-28-9-1-10-29-19/h2-7,12,19,21H,1,8-11,13H2,(H2,22,23,27)(H,24,25,26). The molecule has 1 aliphatic rings. The van der Waals surface area contributed by atoms with Gasteiger partial charge in [-0.3, -0.25) is 5.10 Å². The molecule has 1 unspecified atom stereocenters. The average Bonchev–Trinajstić information content (AvgIpc) is 3.16. The van der Waals surface area contributed by atoms with Crippen molar-refractivity contribution in [1.82, 2.24) is 20.7 Å². The molecule has 2 aromatic carbocycles. The number of aromatic nitrogens is 3. The Morgan fingerprint density at radius 2 is 1.90 bits per heavy atom. The van der Waals surface area contributed by atoms with Crippen LogP contribution >= 0.6 is 23.5 Å². The van der Waals surface area contributed by atoms with E-state index < -0.39 is 0 Å². The fourth-order valence-corrected chi connectivity index (χ4v) is 5.44. The lowest BCUT2D eigenvalue weighted by Crippen LogP contribution is -2.27. The average molecular weight is 429 g/mol. The van der Waals surface area contributed by atoms with Crippen LogP contribution in [0.1, 0.15) is 18.4 Å². The van der Waals surface area contributed by atoms with Gasteiger partial charge in [-0.05, 0) is 66.0 Å². The van der Waals surface area contributed by atoms with Gasteiger partial charge in [-0.2, -0.15) is 11.8 Å². The van der Waals surface area contributed by atoms with Gasteiger partial charge in [-0.25, -0.2) is 4.79 Å². The molecule has 1 saturated heterocycles. The van der Waals surface area contributed by atoms with Gasteiger partial charge in [0.2, 0.25) is 0 Å². The molecule has 2 amide bonds. The van der Waals surface area contributed by atoms with E-state index in [1.807, 2.05) is 48.2 Å². The third-order valence-corrected chi connectivity index (χ3v) is 7.04. The summed E-state index contributed by atoms with van der Waals surface area (Å²) < 4.78 is 0. The van der Waals surface area contributed by atoms with Gasteiger partial charge in [0.1, 0.15) is 5.52 Å². The number of benzene rings is 2. The van der Waals surface area contributed by atoms with Crippen LogP contribution in [0.2, 0.25) is 0 Å². The molecular formula is C20H24N6OS2. The second-order valence-corrected chi connectivity index (χ2v) is 9.35. The van der Waals surface area contributed by atoms with E-state index in [4.69, 9.17) is 0 Å². The maximum Gasteiger partial charge on any atom is 0.323 e. The molecule has 9 heteroatoms. The second-order valence-electron chi connectivity index (χ2n) is 6.81. The predicted octanol–water partition coefficient (Wildman–Crippen LogP) is 4.28. The third-order valence-electron chi connectivity index (χ3n) is 4.61. The van der Waals surface area contributed by atoms with Crippen LogP contribution in [0, 0.1) is 0 Å². The molecule has 152 valence electrons. The maximum atomic E-state index is 12.3. The van der Waals surface area contributed by atoms with Crippen LogP contribution in [0.4, 0.5) is 16.2 Å². The minimum absolute atomic E-state index is 0.290. The number of anilines is 2. The van der Waals surface area contributed by atoms with Crippen molar-refractivity contribution in [2.75, 3.05) is 27.9 Å². The van der Waals surface area contributed by atoms with Crippen LogP contribution in [0.15, 0.2) is 42.5 Å². The summed E-state index contributed by atoms with van der Waals surface area (Å²) in [5.41, 5.74) is 4.17. The lowest BCUT2D eigenvalue weighted by atomic mass is 10.2. The fourth-order valence-electron chi connectivity index (χ4n) is 3.07. The summed E-state index contributed by atoms with van der Waals surface area (Å²) in [6.07, 6.45) is 2.50. The minimum atomic E-state index is -0.290. The van der Waals surface area contributed by atoms with Gasteiger partial charge in [-0.1, -0.05) is 17.3 Å². The summed E-state index contributed by atoms with van der Waals surface area (Å²) in [6, 6.07) is 13.1. The minimum Gasteiger partial charge on any atom is -0.308 e. The van der Waals surface area contributed by atoms with Crippen molar-refractivity contribution in [3.8, 4) is 0 Å². The Labute approximate surface area is 178 Å². The zero-order valence-corrected chi connectivity index (χ0v) is 17.6. The van der Waals surface area contributed by atoms with Crippen LogP contribution < -0.4 is 16.0 Å². The maximum absolute atomic E-state index is 12.3. The van der Waals surface area contributed by atoms with Crippen LogP contribution in [0.25, 0.3) is 11.0 Å². The molecule has 1 aliphatic heterocycles. The number of fused-ring (bicyclic) bond motifs is 1. The van der Waals surface area contributed by atoms with Gasteiger partial charge in [0.15, 0.2) is 0 Å².